The summed E-state index contributed by atoms with van der Waals surface area (Å²) in [5, 5.41) is 11.9. The average molecular weight is 223 g/mol. The molecule has 0 aliphatic rings. The number of anilines is 1. The summed E-state index contributed by atoms with van der Waals surface area (Å²) in [7, 11) is 0. The standard InChI is InChI=1S/C14H13N3/c1-11-6-7-16-14(8-11)17-10-13-4-2-12(9-15)3-5-13/h2-8H,10H2,1H3,(H,16,17). The molecule has 17 heavy (non-hydrogen) atoms. The van der Waals surface area contributed by atoms with Gasteiger partial charge in [0.15, 0.2) is 0 Å². The highest BCUT2D eigenvalue weighted by Gasteiger charge is 1.96. The van der Waals surface area contributed by atoms with Crippen LogP contribution >= 0.6 is 0 Å². The van der Waals surface area contributed by atoms with E-state index in [1.54, 1.807) is 6.20 Å². The molecular weight excluding hydrogens is 210 g/mol. The third-order valence-corrected chi connectivity index (χ3v) is 2.47. The van der Waals surface area contributed by atoms with E-state index < -0.39 is 0 Å². The van der Waals surface area contributed by atoms with E-state index in [1.807, 2.05) is 43.3 Å². The first-order valence-corrected chi connectivity index (χ1v) is 5.43. The fraction of sp³-hybridized carbons (Fsp3) is 0.143. The summed E-state index contributed by atoms with van der Waals surface area (Å²) in [4.78, 5) is 4.22. The van der Waals surface area contributed by atoms with Gasteiger partial charge in [-0.05, 0) is 42.3 Å². The molecule has 0 unspecified atom stereocenters. The van der Waals surface area contributed by atoms with E-state index >= 15 is 0 Å². The number of aryl methyl sites for hydroxylation is 1. The third-order valence-electron chi connectivity index (χ3n) is 2.47. The van der Waals surface area contributed by atoms with Crippen LogP contribution in [0.15, 0.2) is 42.6 Å². The molecule has 3 heteroatoms. The first-order valence-electron chi connectivity index (χ1n) is 5.43. The number of hydrogen-bond donors (Lipinski definition) is 1. The molecule has 0 aliphatic carbocycles. The summed E-state index contributed by atoms with van der Waals surface area (Å²) in [5.41, 5.74) is 3.00. The molecule has 0 bridgehead atoms. The molecule has 0 spiro atoms. The molecule has 0 aliphatic heterocycles. The van der Waals surface area contributed by atoms with Crippen molar-refractivity contribution in [3.8, 4) is 6.07 Å². The third kappa shape index (κ3) is 3.05. The van der Waals surface area contributed by atoms with Crippen molar-refractivity contribution in [3.63, 3.8) is 0 Å². The van der Waals surface area contributed by atoms with Crippen molar-refractivity contribution in [2.24, 2.45) is 0 Å². The number of nitrogens with one attached hydrogen (secondary N) is 1. The second kappa shape index (κ2) is 5.13. The van der Waals surface area contributed by atoms with Gasteiger partial charge in [-0.1, -0.05) is 12.1 Å². The van der Waals surface area contributed by atoms with Gasteiger partial charge in [0.05, 0.1) is 11.6 Å². The Balaban J connectivity index is 2.00. The highest BCUT2D eigenvalue weighted by molar-refractivity contribution is 5.39. The van der Waals surface area contributed by atoms with Crippen LogP contribution in [0.3, 0.4) is 0 Å². The first kappa shape index (κ1) is 11.2. The summed E-state index contributed by atoms with van der Waals surface area (Å²) in [6.07, 6.45) is 1.79. The predicted octanol–water partition coefficient (Wildman–Crippen LogP) is 2.87. The van der Waals surface area contributed by atoms with Gasteiger partial charge in [0.2, 0.25) is 0 Å². The summed E-state index contributed by atoms with van der Waals surface area (Å²) in [5.74, 6) is 0.870. The van der Waals surface area contributed by atoms with E-state index in [-0.39, 0.29) is 0 Å². The van der Waals surface area contributed by atoms with E-state index in [4.69, 9.17) is 5.26 Å². The summed E-state index contributed by atoms with van der Waals surface area (Å²) >= 11 is 0. The highest BCUT2D eigenvalue weighted by atomic mass is 15.0. The highest BCUT2D eigenvalue weighted by Crippen LogP contribution is 2.09. The molecule has 0 radical (unpaired) electrons. The van der Waals surface area contributed by atoms with Gasteiger partial charge in [-0.15, -0.1) is 0 Å². The van der Waals surface area contributed by atoms with Gasteiger partial charge < -0.3 is 5.32 Å². The van der Waals surface area contributed by atoms with Crippen LogP contribution in [-0.4, -0.2) is 4.98 Å². The van der Waals surface area contributed by atoms with Gasteiger partial charge in [-0.2, -0.15) is 5.26 Å². The topological polar surface area (TPSA) is 48.7 Å². The second-order valence-electron chi connectivity index (χ2n) is 3.88. The van der Waals surface area contributed by atoms with Crippen LogP contribution in [0.25, 0.3) is 0 Å². The van der Waals surface area contributed by atoms with Gasteiger partial charge in [-0.25, -0.2) is 4.98 Å². The molecule has 0 atom stereocenters. The minimum Gasteiger partial charge on any atom is -0.366 e. The van der Waals surface area contributed by atoms with E-state index in [0.29, 0.717) is 12.1 Å². The number of aromatic nitrogens is 1. The van der Waals surface area contributed by atoms with Crippen molar-refractivity contribution in [2.75, 3.05) is 5.32 Å². The van der Waals surface area contributed by atoms with Gasteiger partial charge in [0, 0.05) is 12.7 Å². The molecular formula is C14H13N3. The molecule has 0 fully saturated rings. The van der Waals surface area contributed by atoms with Crippen LogP contribution in [0.1, 0.15) is 16.7 Å². The monoisotopic (exact) mass is 223 g/mol. The minimum absolute atomic E-state index is 0.683. The van der Waals surface area contributed by atoms with E-state index in [2.05, 4.69) is 16.4 Å². The zero-order valence-corrected chi connectivity index (χ0v) is 9.64. The number of rotatable bonds is 3. The Morgan fingerprint density at radius 2 is 2.00 bits per heavy atom. The number of benzene rings is 1. The number of nitrogens with zero attached hydrogens (tertiary/aromatic N) is 2. The molecule has 84 valence electrons. The van der Waals surface area contributed by atoms with Gasteiger partial charge in [0.25, 0.3) is 0 Å². The van der Waals surface area contributed by atoms with E-state index in [1.165, 1.54) is 5.56 Å². The van der Waals surface area contributed by atoms with Crippen molar-refractivity contribution in [1.29, 1.82) is 5.26 Å². The minimum atomic E-state index is 0.683. The van der Waals surface area contributed by atoms with Crippen LogP contribution in [0, 0.1) is 18.3 Å². The molecule has 0 saturated carbocycles. The van der Waals surface area contributed by atoms with Gasteiger partial charge in [0.1, 0.15) is 5.82 Å². The van der Waals surface area contributed by atoms with Crippen LogP contribution in [0.2, 0.25) is 0 Å². The average Bonchev–Trinajstić information content (AvgIpc) is 2.37. The van der Waals surface area contributed by atoms with Crippen molar-refractivity contribution in [1.82, 2.24) is 4.98 Å². The lowest BCUT2D eigenvalue weighted by molar-refractivity contribution is 1.10. The zero-order chi connectivity index (χ0) is 12.1. The zero-order valence-electron chi connectivity index (χ0n) is 9.64. The van der Waals surface area contributed by atoms with Crippen molar-refractivity contribution in [2.45, 2.75) is 13.5 Å². The fourth-order valence-corrected chi connectivity index (χ4v) is 1.52. The van der Waals surface area contributed by atoms with E-state index in [9.17, 15) is 0 Å². The first-order chi connectivity index (χ1) is 8.28. The molecule has 0 saturated heterocycles. The normalized spacial score (nSPS) is 9.65. The quantitative estimate of drug-likeness (QED) is 0.870. The maximum Gasteiger partial charge on any atom is 0.126 e. The smallest absolute Gasteiger partial charge is 0.126 e. The Bertz CT molecular complexity index is 538. The maximum absolute atomic E-state index is 8.69. The summed E-state index contributed by atoms with van der Waals surface area (Å²) in [6.45, 7) is 2.75. The Morgan fingerprint density at radius 1 is 1.24 bits per heavy atom. The maximum atomic E-state index is 8.69. The van der Waals surface area contributed by atoms with Crippen LogP contribution in [-0.2, 0) is 6.54 Å². The van der Waals surface area contributed by atoms with Crippen LogP contribution in [0.5, 0.6) is 0 Å². The molecule has 1 aromatic carbocycles. The lowest BCUT2D eigenvalue weighted by Crippen LogP contribution is -2.01. The Labute approximate surface area is 101 Å². The molecule has 1 aromatic heterocycles. The van der Waals surface area contributed by atoms with Crippen molar-refractivity contribution in [3.05, 3.63) is 59.3 Å². The molecule has 1 N–H and O–H groups in total. The summed E-state index contributed by atoms with van der Waals surface area (Å²) < 4.78 is 0. The SMILES string of the molecule is Cc1ccnc(NCc2ccc(C#N)cc2)c1. The van der Waals surface area contributed by atoms with Gasteiger partial charge in [-0.3, -0.25) is 0 Å². The molecule has 2 aromatic rings. The fourth-order valence-electron chi connectivity index (χ4n) is 1.52. The number of pyridine rings is 1. The lowest BCUT2D eigenvalue weighted by atomic mass is 10.1. The number of hydrogen-bond acceptors (Lipinski definition) is 3. The summed E-state index contributed by atoms with van der Waals surface area (Å²) in [6, 6.07) is 13.6. The predicted molar refractivity (Wildman–Crippen MR) is 67.5 cm³/mol. The molecule has 0 amide bonds. The van der Waals surface area contributed by atoms with Crippen LogP contribution in [0.4, 0.5) is 5.82 Å². The van der Waals surface area contributed by atoms with Crippen molar-refractivity contribution < 1.29 is 0 Å². The van der Waals surface area contributed by atoms with Crippen LogP contribution < -0.4 is 5.32 Å². The Kier molecular flexibility index (Phi) is 3.37. The largest absolute Gasteiger partial charge is 0.366 e. The lowest BCUT2D eigenvalue weighted by Gasteiger charge is -2.06. The second-order valence-corrected chi connectivity index (χ2v) is 3.88. The molecule has 2 rings (SSSR count). The molecule has 1 heterocycles. The van der Waals surface area contributed by atoms with Gasteiger partial charge >= 0.3 is 0 Å². The Hall–Kier alpha value is -2.34. The van der Waals surface area contributed by atoms with E-state index in [0.717, 1.165) is 11.4 Å². The Morgan fingerprint density at radius 3 is 2.65 bits per heavy atom. The van der Waals surface area contributed by atoms with Crippen molar-refractivity contribution >= 4 is 5.82 Å². The molecule has 3 nitrogen and oxygen atoms in total. The number of nitriles is 1.